The summed E-state index contributed by atoms with van der Waals surface area (Å²) in [6.45, 7) is 3.33. The first-order valence-corrected chi connectivity index (χ1v) is 8.38. The van der Waals surface area contributed by atoms with E-state index in [-0.39, 0.29) is 17.2 Å². The van der Waals surface area contributed by atoms with Crippen LogP contribution in [0, 0.1) is 11.7 Å². The molecular weight excluding hydrogens is 378 g/mol. The smallest absolute Gasteiger partial charge is 0.340 e. The second kappa shape index (κ2) is 8.73. The van der Waals surface area contributed by atoms with Crippen molar-refractivity contribution < 1.29 is 27.2 Å². The number of alkyl halides is 3. The average Bonchev–Trinajstić information content (AvgIpc) is 2.63. The minimum absolute atomic E-state index is 0.148. The van der Waals surface area contributed by atoms with Crippen molar-refractivity contribution in [1.82, 2.24) is 10.7 Å². The predicted octanol–water partition coefficient (Wildman–Crippen LogP) is 3.74. The van der Waals surface area contributed by atoms with E-state index in [2.05, 4.69) is 16.2 Å². The van der Waals surface area contributed by atoms with Gasteiger partial charge in [-0.25, -0.2) is 4.39 Å². The highest BCUT2D eigenvalue weighted by molar-refractivity contribution is 5.97. The van der Waals surface area contributed by atoms with E-state index in [0.29, 0.717) is 0 Å². The van der Waals surface area contributed by atoms with Crippen LogP contribution in [0.5, 0.6) is 0 Å². The van der Waals surface area contributed by atoms with Crippen molar-refractivity contribution in [1.29, 1.82) is 0 Å². The number of hydrogen-bond acceptors (Lipinski definition) is 3. The lowest BCUT2D eigenvalue weighted by atomic mass is 10.0. The van der Waals surface area contributed by atoms with Gasteiger partial charge in [0, 0.05) is 5.56 Å². The lowest BCUT2D eigenvalue weighted by Crippen LogP contribution is -2.51. The van der Waals surface area contributed by atoms with E-state index in [1.165, 1.54) is 30.3 Å². The van der Waals surface area contributed by atoms with Crippen LogP contribution in [0.15, 0.2) is 48.5 Å². The zero-order valence-electron chi connectivity index (χ0n) is 15.1. The molecule has 0 aliphatic heterocycles. The van der Waals surface area contributed by atoms with Crippen LogP contribution in [0.3, 0.4) is 0 Å². The predicted molar refractivity (Wildman–Crippen MR) is 95.7 cm³/mol. The molecule has 0 saturated heterocycles. The summed E-state index contributed by atoms with van der Waals surface area (Å²) in [4.78, 5) is 24.7. The van der Waals surface area contributed by atoms with Gasteiger partial charge in [-0.2, -0.15) is 13.2 Å². The first-order valence-electron chi connectivity index (χ1n) is 8.38. The molecule has 2 amide bonds. The maximum Gasteiger partial charge on any atom is 0.418 e. The van der Waals surface area contributed by atoms with Crippen molar-refractivity contribution in [3.8, 4) is 0 Å². The van der Waals surface area contributed by atoms with Gasteiger partial charge in [-0.15, -0.1) is 0 Å². The Morgan fingerprint density at radius 1 is 0.964 bits per heavy atom. The Labute approximate surface area is 159 Å². The van der Waals surface area contributed by atoms with Crippen molar-refractivity contribution in [3.63, 3.8) is 0 Å². The van der Waals surface area contributed by atoms with E-state index in [4.69, 9.17) is 0 Å². The first kappa shape index (κ1) is 21.2. The maximum absolute atomic E-state index is 13.0. The van der Waals surface area contributed by atoms with Gasteiger partial charge in [-0.3, -0.25) is 20.4 Å². The largest absolute Gasteiger partial charge is 0.418 e. The Morgan fingerprint density at radius 3 is 2.14 bits per heavy atom. The molecular formula is C19H19F4N3O2. The van der Waals surface area contributed by atoms with Gasteiger partial charge < -0.3 is 5.32 Å². The minimum Gasteiger partial charge on any atom is -0.340 e. The summed E-state index contributed by atoms with van der Waals surface area (Å²) in [7, 11) is 0. The second-order valence-corrected chi connectivity index (χ2v) is 6.36. The average molecular weight is 397 g/mol. The van der Waals surface area contributed by atoms with Crippen LogP contribution in [-0.4, -0.2) is 17.9 Å². The molecule has 0 aromatic heterocycles. The Balaban J connectivity index is 2.08. The highest BCUT2D eigenvalue weighted by atomic mass is 19.4. The number of benzene rings is 2. The lowest BCUT2D eigenvalue weighted by molar-refractivity contribution is -0.137. The number of para-hydroxylation sites is 1. The van der Waals surface area contributed by atoms with Crippen LogP contribution in [0.25, 0.3) is 0 Å². The molecule has 5 nitrogen and oxygen atoms in total. The molecule has 150 valence electrons. The molecule has 0 aliphatic rings. The number of hydrogen-bond donors (Lipinski definition) is 3. The van der Waals surface area contributed by atoms with Crippen LogP contribution < -0.4 is 16.2 Å². The van der Waals surface area contributed by atoms with Gasteiger partial charge in [0.2, 0.25) is 0 Å². The first-order chi connectivity index (χ1) is 13.1. The van der Waals surface area contributed by atoms with Gasteiger partial charge in [0.1, 0.15) is 11.9 Å². The van der Waals surface area contributed by atoms with E-state index < -0.39 is 35.4 Å². The maximum atomic E-state index is 13.0. The second-order valence-electron chi connectivity index (χ2n) is 6.36. The van der Waals surface area contributed by atoms with Gasteiger partial charge in [0.05, 0.1) is 11.3 Å². The third-order valence-corrected chi connectivity index (χ3v) is 3.89. The van der Waals surface area contributed by atoms with Crippen molar-refractivity contribution >= 4 is 17.5 Å². The number of rotatable bonds is 6. The summed E-state index contributed by atoms with van der Waals surface area (Å²) in [5.74, 6) is -2.20. The molecule has 1 atom stereocenters. The third kappa shape index (κ3) is 5.45. The molecule has 2 rings (SSSR count). The van der Waals surface area contributed by atoms with Crippen molar-refractivity contribution in [3.05, 3.63) is 65.5 Å². The fourth-order valence-electron chi connectivity index (χ4n) is 2.41. The molecule has 1 unspecified atom stereocenters. The Hall–Kier alpha value is -3.10. The topological polar surface area (TPSA) is 70.2 Å². The Bertz CT molecular complexity index is 836. The van der Waals surface area contributed by atoms with Crippen LogP contribution in [0.1, 0.15) is 29.8 Å². The van der Waals surface area contributed by atoms with E-state index in [9.17, 15) is 27.2 Å². The van der Waals surface area contributed by atoms with Gasteiger partial charge in [0.15, 0.2) is 0 Å². The van der Waals surface area contributed by atoms with E-state index in [0.717, 1.165) is 18.2 Å². The van der Waals surface area contributed by atoms with Gasteiger partial charge in [0.25, 0.3) is 11.8 Å². The molecule has 0 radical (unpaired) electrons. The summed E-state index contributed by atoms with van der Waals surface area (Å²) in [5.41, 5.74) is 3.34. The monoisotopic (exact) mass is 397 g/mol. The third-order valence-electron chi connectivity index (χ3n) is 3.89. The number of carbonyl (C=O) groups excluding carboxylic acids is 2. The minimum atomic E-state index is -4.59. The summed E-state index contributed by atoms with van der Waals surface area (Å²) >= 11 is 0. The number of nitrogens with one attached hydrogen (secondary N) is 3. The van der Waals surface area contributed by atoms with Crippen LogP contribution in [0.2, 0.25) is 0 Å². The number of amides is 2. The van der Waals surface area contributed by atoms with Gasteiger partial charge >= 0.3 is 6.18 Å². The Kier molecular flexibility index (Phi) is 6.61. The fourth-order valence-corrected chi connectivity index (χ4v) is 2.41. The van der Waals surface area contributed by atoms with Crippen molar-refractivity contribution in [2.24, 2.45) is 5.92 Å². The van der Waals surface area contributed by atoms with E-state index in [1.807, 2.05) is 0 Å². The molecule has 0 bridgehead atoms. The van der Waals surface area contributed by atoms with Gasteiger partial charge in [-0.05, 0) is 42.3 Å². The van der Waals surface area contributed by atoms with E-state index >= 15 is 0 Å². The molecule has 9 heteroatoms. The SMILES string of the molecule is CC(C)C(NC(=O)c1ccc(F)cc1)C(=O)NNc1ccccc1C(F)(F)F. The van der Waals surface area contributed by atoms with Crippen LogP contribution >= 0.6 is 0 Å². The summed E-state index contributed by atoms with van der Waals surface area (Å²) in [5, 5.41) is 2.50. The van der Waals surface area contributed by atoms with E-state index in [1.54, 1.807) is 13.8 Å². The number of carbonyl (C=O) groups is 2. The van der Waals surface area contributed by atoms with Crippen molar-refractivity contribution in [2.45, 2.75) is 26.1 Å². The molecule has 2 aromatic carbocycles. The number of hydrazine groups is 1. The summed E-state index contributed by atoms with van der Waals surface area (Å²) in [6.07, 6.45) is -4.59. The molecule has 0 fully saturated rings. The zero-order valence-corrected chi connectivity index (χ0v) is 15.1. The molecule has 28 heavy (non-hydrogen) atoms. The Morgan fingerprint density at radius 2 is 1.57 bits per heavy atom. The summed E-state index contributed by atoms with van der Waals surface area (Å²) in [6, 6.07) is 8.38. The molecule has 0 spiro atoms. The van der Waals surface area contributed by atoms with Crippen LogP contribution in [0.4, 0.5) is 23.2 Å². The normalized spacial score (nSPS) is 12.4. The molecule has 0 saturated carbocycles. The molecule has 3 N–H and O–H groups in total. The number of halogens is 4. The molecule has 2 aromatic rings. The number of anilines is 1. The standard InChI is InChI=1S/C19H19F4N3O2/c1-11(2)16(24-17(27)12-7-9-13(20)10-8-12)18(28)26-25-15-6-4-3-5-14(15)19(21,22)23/h3-11,16,25H,1-2H3,(H,24,27)(H,26,28). The highest BCUT2D eigenvalue weighted by Crippen LogP contribution is 2.34. The van der Waals surface area contributed by atoms with Gasteiger partial charge in [-0.1, -0.05) is 26.0 Å². The highest BCUT2D eigenvalue weighted by Gasteiger charge is 2.33. The molecule has 0 aliphatic carbocycles. The van der Waals surface area contributed by atoms with Crippen LogP contribution in [-0.2, 0) is 11.0 Å². The lowest BCUT2D eigenvalue weighted by Gasteiger charge is -2.23. The molecule has 0 heterocycles. The fraction of sp³-hybridized carbons (Fsp3) is 0.263. The zero-order chi connectivity index (χ0) is 20.9. The van der Waals surface area contributed by atoms with Crippen molar-refractivity contribution in [2.75, 3.05) is 5.43 Å². The quantitative estimate of drug-likeness (QED) is 0.514. The summed E-state index contributed by atoms with van der Waals surface area (Å²) < 4.78 is 52.0.